The van der Waals surface area contributed by atoms with E-state index in [1.165, 1.54) is 109 Å². The van der Waals surface area contributed by atoms with Crippen molar-refractivity contribution in [2.75, 3.05) is 0 Å². The molecule has 13 aromatic carbocycles. The molecule has 0 N–H and O–H groups in total. The van der Waals surface area contributed by atoms with Gasteiger partial charge in [0, 0.05) is 38.4 Å². The van der Waals surface area contributed by atoms with E-state index in [1.807, 2.05) is 0 Å². The number of para-hydroxylation sites is 4. The van der Waals surface area contributed by atoms with E-state index in [2.05, 4.69) is 337 Å². The summed E-state index contributed by atoms with van der Waals surface area (Å²) in [5, 5.41) is 10.2. The predicted molar refractivity (Wildman–Crippen MR) is 347 cm³/mol. The predicted octanol–water partition coefficient (Wildman–Crippen LogP) is 17.0. The number of aromatic nitrogens is 2. The second-order valence-corrected chi connectivity index (χ2v) is 25.6. The molecule has 82 heavy (non-hydrogen) atoms. The van der Waals surface area contributed by atoms with Crippen molar-refractivity contribution in [3.63, 3.8) is 0 Å². The van der Waals surface area contributed by atoms with Gasteiger partial charge in [0.1, 0.15) is 0 Å². The molecule has 2 aromatic heterocycles. The van der Waals surface area contributed by atoms with Gasteiger partial charge in [-0.05, 0) is 102 Å². The molecule has 0 saturated carbocycles. The summed E-state index contributed by atoms with van der Waals surface area (Å²) in [4.78, 5) is 0. The monoisotopic (exact) mass is 1060 g/mol. The van der Waals surface area contributed by atoms with Crippen LogP contribution in [0.1, 0.15) is 22.3 Å². The lowest BCUT2D eigenvalue weighted by Crippen LogP contribution is -2.74. The molecule has 0 unspecified atom stereocenters. The van der Waals surface area contributed by atoms with Crippen LogP contribution in [0.3, 0.4) is 0 Å². The number of nitrogens with zero attached hydrogens (tertiary/aromatic N) is 2. The SMILES string of the molecule is c1ccc(-c2cccc3c4ccccc4n(-c4ccc([Si](c5ccccc5)(c5ccccc5)c5ccc(C6(c7ccccc7)c7ccccc7-c7ccccc76)cc5)cc4-c4cccc(-n5c6ccccc6c6ccccc65)c4)c23)cc1. The number of fused-ring (bicyclic) bond motifs is 9. The molecule has 0 amide bonds. The lowest BCUT2D eigenvalue weighted by molar-refractivity contribution is 0.769. The summed E-state index contributed by atoms with van der Waals surface area (Å²) < 4.78 is 5.01. The zero-order chi connectivity index (χ0) is 54.2. The highest BCUT2D eigenvalue weighted by Crippen LogP contribution is 2.56. The van der Waals surface area contributed by atoms with Crippen LogP contribution in [0, 0.1) is 0 Å². The van der Waals surface area contributed by atoms with Gasteiger partial charge >= 0.3 is 0 Å². The molecule has 0 bridgehead atoms. The molecule has 0 atom stereocenters. The van der Waals surface area contributed by atoms with Gasteiger partial charge < -0.3 is 9.13 Å². The molecule has 1 aliphatic carbocycles. The number of rotatable bonds is 10. The first kappa shape index (κ1) is 47.7. The van der Waals surface area contributed by atoms with Crippen LogP contribution in [0.2, 0.25) is 0 Å². The summed E-state index contributed by atoms with van der Waals surface area (Å²) >= 11 is 0. The summed E-state index contributed by atoms with van der Waals surface area (Å²) in [6.07, 6.45) is 0. The van der Waals surface area contributed by atoms with E-state index in [4.69, 9.17) is 0 Å². The van der Waals surface area contributed by atoms with Crippen LogP contribution >= 0.6 is 0 Å². The Morgan fingerprint density at radius 3 is 1.29 bits per heavy atom. The number of hydrogen-bond donors (Lipinski definition) is 0. The fraction of sp³-hybridized carbons (Fsp3) is 0.0127. The Bertz CT molecular complexity index is 4760. The van der Waals surface area contributed by atoms with Gasteiger partial charge in [-0.15, -0.1) is 0 Å². The van der Waals surface area contributed by atoms with Crippen LogP contribution in [0.15, 0.2) is 328 Å². The van der Waals surface area contributed by atoms with Gasteiger partial charge in [-0.25, -0.2) is 0 Å². The molecule has 0 aliphatic heterocycles. The fourth-order valence-electron chi connectivity index (χ4n) is 14.4. The normalized spacial score (nSPS) is 12.7. The van der Waals surface area contributed by atoms with Gasteiger partial charge in [-0.3, -0.25) is 0 Å². The molecule has 0 saturated heterocycles. The molecule has 2 heterocycles. The molecular weight excluding hydrogens is 1000 g/mol. The lowest BCUT2D eigenvalue weighted by atomic mass is 9.68. The smallest absolute Gasteiger partial charge is 0.179 e. The van der Waals surface area contributed by atoms with Gasteiger partial charge in [-0.2, -0.15) is 0 Å². The van der Waals surface area contributed by atoms with E-state index in [0.717, 1.165) is 22.5 Å². The minimum absolute atomic E-state index is 0.520. The van der Waals surface area contributed by atoms with Crippen molar-refractivity contribution in [3.05, 3.63) is 350 Å². The highest BCUT2D eigenvalue weighted by Gasteiger charge is 2.47. The second-order valence-electron chi connectivity index (χ2n) is 21.8. The molecule has 16 rings (SSSR count). The van der Waals surface area contributed by atoms with Crippen LogP contribution in [-0.2, 0) is 5.41 Å². The molecule has 0 spiro atoms. The maximum Gasteiger partial charge on any atom is 0.179 e. The molecule has 384 valence electrons. The van der Waals surface area contributed by atoms with Crippen molar-refractivity contribution >= 4 is 72.4 Å². The standard InChI is InChI=1S/C79H54N2Si/c1-5-25-55(26-6-1)64-40-24-41-70-69-39-17-22-46-76(69)81(78(64)70)77-52-51-63(54-71(77)56-27-23-30-59(53-56)80-74-44-20-15-37-67(74)68-38-16-21-45-75(68)80)82(60-31-9-3-10-32-60,61-33-11-4-12-34-61)62-49-47-58(48-50-62)79(57-28-7-2-8-29-57)72-42-18-13-35-65(72)66-36-14-19-43-73(66)79/h1-54H. The number of benzene rings is 13. The second kappa shape index (κ2) is 19.2. The summed E-state index contributed by atoms with van der Waals surface area (Å²) in [5.74, 6) is 0. The molecular formula is C79H54N2Si. The molecule has 0 radical (unpaired) electrons. The largest absolute Gasteiger partial charge is 0.309 e. The van der Waals surface area contributed by atoms with Gasteiger partial charge in [-0.1, -0.05) is 291 Å². The molecule has 15 aromatic rings. The summed E-state index contributed by atoms with van der Waals surface area (Å²) in [6, 6.07) is 123. The van der Waals surface area contributed by atoms with E-state index < -0.39 is 13.5 Å². The average molecular weight is 1060 g/mol. The van der Waals surface area contributed by atoms with Gasteiger partial charge in [0.05, 0.1) is 33.2 Å². The van der Waals surface area contributed by atoms with Crippen molar-refractivity contribution in [2.24, 2.45) is 0 Å². The Morgan fingerprint density at radius 1 is 0.256 bits per heavy atom. The van der Waals surface area contributed by atoms with Crippen molar-refractivity contribution in [1.82, 2.24) is 9.13 Å². The third-order valence-electron chi connectivity index (χ3n) is 17.8. The maximum absolute atomic E-state index is 3.21. The minimum Gasteiger partial charge on any atom is -0.309 e. The van der Waals surface area contributed by atoms with Gasteiger partial charge in [0.25, 0.3) is 0 Å². The van der Waals surface area contributed by atoms with Crippen molar-refractivity contribution in [1.29, 1.82) is 0 Å². The van der Waals surface area contributed by atoms with Crippen LogP contribution < -0.4 is 20.7 Å². The van der Waals surface area contributed by atoms with Crippen LogP contribution in [0.25, 0.3) is 88.4 Å². The summed E-state index contributed by atoms with van der Waals surface area (Å²) in [6.45, 7) is 0. The first-order valence-corrected chi connectivity index (χ1v) is 30.5. The van der Waals surface area contributed by atoms with Crippen molar-refractivity contribution < 1.29 is 0 Å². The minimum atomic E-state index is -3.21. The third kappa shape index (κ3) is 7.06. The third-order valence-corrected chi connectivity index (χ3v) is 22.5. The Hall–Kier alpha value is -10.3. The van der Waals surface area contributed by atoms with E-state index >= 15 is 0 Å². The average Bonchev–Trinajstić information content (AvgIpc) is 3.21. The Labute approximate surface area is 478 Å². The van der Waals surface area contributed by atoms with Gasteiger partial charge in [0.15, 0.2) is 8.07 Å². The molecule has 3 heteroatoms. The topological polar surface area (TPSA) is 9.86 Å². The molecule has 1 aliphatic rings. The zero-order valence-electron chi connectivity index (χ0n) is 45.1. The number of hydrogen-bond acceptors (Lipinski definition) is 0. The Balaban J connectivity index is 0.993. The van der Waals surface area contributed by atoms with Gasteiger partial charge in [0.2, 0.25) is 0 Å². The van der Waals surface area contributed by atoms with E-state index in [-0.39, 0.29) is 0 Å². The van der Waals surface area contributed by atoms with E-state index in [9.17, 15) is 0 Å². The first-order valence-electron chi connectivity index (χ1n) is 28.5. The van der Waals surface area contributed by atoms with Crippen LogP contribution in [0.4, 0.5) is 0 Å². The van der Waals surface area contributed by atoms with Crippen LogP contribution in [-0.4, -0.2) is 17.2 Å². The lowest BCUT2D eigenvalue weighted by Gasteiger charge is -2.37. The van der Waals surface area contributed by atoms with Crippen molar-refractivity contribution in [3.8, 4) is 44.8 Å². The van der Waals surface area contributed by atoms with Crippen LogP contribution in [0.5, 0.6) is 0 Å². The highest BCUT2D eigenvalue weighted by atomic mass is 28.3. The summed E-state index contributed by atoms with van der Waals surface area (Å²) in [7, 11) is -3.21. The van der Waals surface area contributed by atoms with Crippen molar-refractivity contribution in [2.45, 2.75) is 5.41 Å². The van der Waals surface area contributed by atoms with E-state index in [1.54, 1.807) is 0 Å². The highest BCUT2D eigenvalue weighted by molar-refractivity contribution is 7.20. The Morgan fingerprint density at radius 2 is 0.683 bits per heavy atom. The Kier molecular flexibility index (Phi) is 11.2. The maximum atomic E-state index is 2.58. The fourth-order valence-corrected chi connectivity index (χ4v) is 19.1. The molecule has 2 nitrogen and oxygen atoms in total. The van der Waals surface area contributed by atoms with E-state index in [0.29, 0.717) is 0 Å². The molecule has 0 fully saturated rings. The zero-order valence-corrected chi connectivity index (χ0v) is 46.1. The first-order chi connectivity index (χ1) is 40.7. The summed E-state index contributed by atoms with van der Waals surface area (Å²) in [5.41, 5.74) is 18.9. The quantitative estimate of drug-likeness (QED) is 0.0954.